The number of ether oxygens (including phenoxy) is 2. The SMILES string of the molecule is CC/C=C\C(O)C/C=C/C=C\C/C=C\C/C=C\CCCC(=O)O[C@H](COC(=O)CCCCC/C=C\C/C=C\C/C=C\C/C=C\CCCCC)COP(=O)(O)OCC[N+](C)(C)C. The molecular formula is C50H83NO9P+. The molecule has 0 aromatic carbocycles. The van der Waals surface area contributed by atoms with E-state index in [1.54, 1.807) is 0 Å². The van der Waals surface area contributed by atoms with Gasteiger partial charge in [0.1, 0.15) is 19.8 Å². The van der Waals surface area contributed by atoms with Gasteiger partial charge in [0, 0.05) is 12.8 Å². The summed E-state index contributed by atoms with van der Waals surface area (Å²) in [5.41, 5.74) is 0. The van der Waals surface area contributed by atoms with E-state index < -0.39 is 38.6 Å². The minimum absolute atomic E-state index is 0.00115. The molecule has 0 aliphatic carbocycles. The highest BCUT2D eigenvalue weighted by atomic mass is 31.2. The molecule has 10 nitrogen and oxygen atoms in total. The molecule has 0 spiro atoms. The van der Waals surface area contributed by atoms with Crippen LogP contribution in [0.15, 0.2) is 109 Å². The molecule has 0 aliphatic heterocycles. The normalized spacial score (nSPS) is 15.1. The zero-order valence-corrected chi connectivity index (χ0v) is 39.4. The van der Waals surface area contributed by atoms with E-state index in [9.17, 15) is 24.2 Å². The van der Waals surface area contributed by atoms with Crippen LogP contribution in [0.1, 0.15) is 136 Å². The number of nitrogens with zero attached hydrogens (tertiary/aromatic N) is 1. The average molecular weight is 873 g/mol. The predicted molar refractivity (Wildman–Crippen MR) is 253 cm³/mol. The molecule has 0 radical (unpaired) electrons. The third-order valence-electron chi connectivity index (χ3n) is 8.86. The van der Waals surface area contributed by atoms with E-state index in [0.29, 0.717) is 36.7 Å². The van der Waals surface area contributed by atoms with Crippen LogP contribution in [0.3, 0.4) is 0 Å². The van der Waals surface area contributed by atoms with Gasteiger partial charge in [-0.05, 0) is 89.9 Å². The van der Waals surface area contributed by atoms with Crippen molar-refractivity contribution in [3.05, 3.63) is 109 Å². The number of phosphoric ester groups is 1. The van der Waals surface area contributed by atoms with E-state index in [1.165, 1.54) is 25.7 Å². The van der Waals surface area contributed by atoms with E-state index >= 15 is 0 Å². The van der Waals surface area contributed by atoms with Crippen molar-refractivity contribution in [1.29, 1.82) is 0 Å². The maximum Gasteiger partial charge on any atom is 0.472 e. The van der Waals surface area contributed by atoms with Gasteiger partial charge in [-0.2, -0.15) is 0 Å². The maximum absolute atomic E-state index is 12.7. The number of esters is 2. The second-order valence-electron chi connectivity index (χ2n) is 15.9. The molecule has 0 saturated heterocycles. The molecule has 0 bridgehead atoms. The molecule has 3 atom stereocenters. The summed E-state index contributed by atoms with van der Waals surface area (Å²) in [7, 11) is 1.37. The number of carbonyl (C=O) groups excluding carboxylic acids is 2. The van der Waals surface area contributed by atoms with Crippen molar-refractivity contribution >= 4 is 19.8 Å². The first kappa shape index (κ1) is 57.6. The molecule has 0 aromatic rings. The Morgan fingerprint density at radius 2 is 1.13 bits per heavy atom. The van der Waals surface area contributed by atoms with Crippen LogP contribution in [-0.2, 0) is 32.7 Å². The lowest BCUT2D eigenvalue weighted by Crippen LogP contribution is -2.37. The second-order valence-corrected chi connectivity index (χ2v) is 17.3. The summed E-state index contributed by atoms with van der Waals surface area (Å²) in [6, 6.07) is 0. The molecule has 61 heavy (non-hydrogen) atoms. The number of aliphatic hydroxyl groups excluding tert-OH is 1. The molecule has 0 aliphatic rings. The first-order chi connectivity index (χ1) is 29.4. The summed E-state index contributed by atoms with van der Waals surface area (Å²) >= 11 is 0. The van der Waals surface area contributed by atoms with Crippen LogP contribution in [0.2, 0.25) is 0 Å². The fourth-order valence-corrected chi connectivity index (χ4v) is 6.03. The van der Waals surface area contributed by atoms with Crippen molar-refractivity contribution < 1.29 is 47.2 Å². The average Bonchev–Trinajstić information content (AvgIpc) is 3.21. The van der Waals surface area contributed by atoms with Crippen molar-refractivity contribution in [2.75, 3.05) is 47.5 Å². The van der Waals surface area contributed by atoms with Crippen molar-refractivity contribution in [3.63, 3.8) is 0 Å². The number of likely N-dealkylation sites (N-methyl/N-ethyl adjacent to an activating group) is 1. The molecule has 0 heterocycles. The van der Waals surface area contributed by atoms with Crippen molar-refractivity contribution in [1.82, 2.24) is 0 Å². The van der Waals surface area contributed by atoms with Crippen molar-refractivity contribution in [3.8, 4) is 0 Å². The number of rotatable bonds is 39. The maximum atomic E-state index is 12.7. The van der Waals surface area contributed by atoms with Crippen molar-refractivity contribution in [2.24, 2.45) is 0 Å². The van der Waals surface area contributed by atoms with Crippen LogP contribution in [0.5, 0.6) is 0 Å². The Morgan fingerprint density at radius 1 is 0.607 bits per heavy atom. The quantitative estimate of drug-likeness (QED) is 0.0155. The van der Waals surface area contributed by atoms with Gasteiger partial charge in [0.2, 0.25) is 0 Å². The van der Waals surface area contributed by atoms with Crippen LogP contribution < -0.4 is 0 Å². The van der Waals surface area contributed by atoms with Gasteiger partial charge in [0.25, 0.3) is 0 Å². The van der Waals surface area contributed by atoms with Gasteiger partial charge in [-0.1, -0.05) is 142 Å². The molecule has 346 valence electrons. The fraction of sp³-hybridized carbons (Fsp3) is 0.600. The van der Waals surface area contributed by atoms with Gasteiger partial charge < -0.3 is 24.0 Å². The van der Waals surface area contributed by atoms with Gasteiger partial charge in [0.05, 0.1) is 33.9 Å². The minimum atomic E-state index is -4.42. The summed E-state index contributed by atoms with van der Waals surface area (Å²) in [4.78, 5) is 35.4. The molecule has 11 heteroatoms. The lowest BCUT2D eigenvalue weighted by atomic mass is 10.1. The first-order valence-corrected chi connectivity index (χ1v) is 24.2. The van der Waals surface area contributed by atoms with Crippen LogP contribution in [0, 0.1) is 0 Å². The summed E-state index contributed by atoms with van der Waals surface area (Å²) in [6.07, 6.45) is 52.0. The lowest BCUT2D eigenvalue weighted by Gasteiger charge is -2.24. The number of unbranched alkanes of at least 4 members (excludes halogenated alkanes) is 7. The van der Waals surface area contributed by atoms with E-state index in [0.717, 1.165) is 57.8 Å². The molecule has 2 unspecified atom stereocenters. The third-order valence-corrected chi connectivity index (χ3v) is 9.85. The van der Waals surface area contributed by atoms with Crippen molar-refractivity contribution in [2.45, 2.75) is 148 Å². The van der Waals surface area contributed by atoms with Gasteiger partial charge in [-0.3, -0.25) is 18.6 Å². The van der Waals surface area contributed by atoms with Crippen LogP contribution in [-0.4, -0.2) is 86.1 Å². The number of phosphoric acid groups is 1. The molecule has 0 amide bonds. The number of aliphatic hydroxyl groups is 1. The van der Waals surface area contributed by atoms with Crippen LogP contribution >= 0.6 is 7.82 Å². The molecule has 0 fully saturated rings. The van der Waals surface area contributed by atoms with Crippen LogP contribution in [0.25, 0.3) is 0 Å². The first-order valence-electron chi connectivity index (χ1n) is 22.7. The summed E-state index contributed by atoms with van der Waals surface area (Å²) in [6.45, 7) is 4.01. The van der Waals surface area contributed by atoms with Gasteiger partial charge in [-0.15, -0.1) is 0 Å². The van der Waals surface area contributed by atoms with Gasteiger partial charge >= 0.3 is 19.8 Å². The fourth-order valence-electron chi connectivity index (χ4n) is 5.29. The number of carbonyl (C=O) groups is 2. The predicted octanol–water partition coefficient (Wildman–Crippen LogP) is 12.1. The molecule has 2 N–H and O–H groups in total. The Bertz CT molecular complexity index is 1420. The minimum Gasteiger partial charge on any atom is -0.462 e. The lowest BCUT2D eigenvalue weighted by molar-refractivity contribution is -0.870. The smallest absolute Gasteiger partial charge is 0.462 e. The Hall–Kier alpha value is -3.37. The van der Waals surface area contributed by atoms with E-state index in [-0.39, 0.29) is 26.1 Å². The van der Waals surface area contributed by atoms with E-state index in [2.05, 4.69) is 67.7 Å². The highest BCUT2D eigenvalue weighted by molar-refractivity contribution is 7.47. The zero-order chi connectivity index (χ0) is 45.1. The largest absolute Gasteiger partial charge is 0.472 e. The van der Waals surface area contributed by atoms with Crippen LogP contribution in [0.4, 0.5) is 0 Å². The number of hydrogen-bond acceptors (Lipinski definition) is 8. The molecule has 0 aromatic heterocycles. The molecule has 0 saturated carbocycles. The molecular weight excluding hydrogens is 790 g/mol. The van der Waals surface area contributed by atoms with E-state index in [4.69, 9.17) is 18.5 Å². The summed E-state index contributed by atoms with van der Waals surface area (Å²) in [5.74, 6) is -0.940. The highest BCUT2D eigenvalue weighted by Crippen LogP contribution is 2.43. The van der Waals surface area contributed by atoms with Gasteiger partial charge in [-0.25, -0.2) is 4.57 Å². The topological polar surface area (TPSA) is 129 Å². The Balaban J connectivity index is 4.56. The standard InChI is InChI=1S/C50H82NO9P/c1-6-8-10-11-12-13-14-15-16-17-18-19-20-21-25-28-31-34-37-41-49(53)57-45-48(46-59-61(55,56)58-44-43-51(3,4)5)60-50(54)42-38-35-32-29-26-23-22-24-27-30-33-36-40-47(52)39-9-7-2/h9,12-13,15-16,18-19,21-23,25,27,29-30,32-33,36,39,47-48,52H,6-8,10-11,14,17,20,24,26,28,31,34-35,37-38,40-46H2,1-5H3/p+1/b13-12-,16-15-,19-18-,23-22-,25-21-,30-27-,32-29-,36-33+,39-9-/t47?,48-/m1/s1. The summed E-state index contributed by atoms with van der Waals surface area (Å²) in [5, 5.41) is 9.78. The Kier molecular flexibility index (Phi) is 38.4. The summed E-state index contributed by atoms with van der Waals surface area (Å²) < 4.78 is 34.2. The number of quaternary nitrogens is 1. The second kappa shape index (κ2) is 40.7. The molecule has 0 rings (SSSR count). The monoisotopic (exact) mass is 873 g/mol. The Labute approximate surface area is 370 Å². The zero-order valence-electron chi connectivity index (χ0n) is 38.5. The number of hydrogen-bond donors (Lipinski definition) is 2. The third kappa shape index (κ3) is 44.5. The number of allylic oxidation sites excluding steroid dienone is 16. The highest BCUT2D eigenvalue weighted by Gasteiger charge is 2.27. The van der Waals surface area contributed by atoms with E-state index in [1.807, 2.05) is 76.7 Å². The Morgan fingerprint density at radius 3 is 1.70 bits per heavy atom. The van der Waals surface area contributed by atoms with Gasteiger partial charge in [0.15, 0.2) is 6.10 Å².